The van der Waals surface area contributed by atoms with Crippen molar-refractivity contribution >= 4 is 16.9 Å². The average Bonchev–Trinajstić information content (AvgIpc) is 2.76. The molecule has 0 radical (unpaired) electrons. The van der Waals surface area contributed by atoms with Gasteiger partial charge in [0.25, 0.3) is 0 Å². The first kappa shape index (κ1) is 21.6. The van der Waals surface area contributed by atoms with E-state index in [2.05, 4.69) is 6.07 Å². The van der Waals surface area contributed by atoms with Crippen LogP contribution in [0, 0.1) is 34.6 Å². The van der Waals surface area contributed by atoms with Crippen LogP contribution >= 0.6 is 0 Å². The average molecular weight is 426 g/mol. The lowest BCUT2D eigenvalue weighted by Crippen LogP contribution is -2.14. The first-order valence-corrected chi connectivity index (χ1v) is 10.6. The summed E-state index contributed by atoms with van der Waals surface area (Å²) < 4.78 is 11.3. The van der Waals surface area contributed by atoms with Gasteiger partial charge in [-0.2, -0.15) is 0 Å². The molecular formula is C28H27NO3. The zero-order valence-electron chi connectivity index (χ0n) is 19.4. The molecular weight excluding hydrogens is 398 g/mol. The van der Waals surface area contributed by atoms with Crippen molar-refractivity contribution in [2.24, 2.45) is 0 Å². The number of methoxy groups -OCH3 is 1. The van der Waals surface area contributed by atoms with Crippen molar-refractivity contribution in [1.29, 1.82) is 0 Å². The van der Waals surface area contributed by atoms with E-state index in [9.17, 15) is 4.79 Å². The summed E-state index contributed by atoms with van der Waals surface area (Å²) in [5.41, 5.74) is 7.80. The van der Waals surface area contributed by atoms with Gasteiger partial charge < -0.3 is 9.47 Å². The van der Waals surface area contributed by atoms with Gasteiger partial charge in [-0.1, -0.05) is 29.8 Å². The molecule has 0 spiro atoms. The maximum Gasteiger partial charge on any atom is 0.344 e. The Labute approximate surface area is 188 Å². The highest BCUT2D eigenvalue weighted by Crippen LogP contribution is 2.34. The lowest BCUT2D eigenvalue weighted by atomic mass is 9.95. The second kappa shape index (κ2) is 8.46. The molecule has 0 saturated carbocycles. The van der Waals surface area contributed by atoms with Crippen LogP contribution in [-0.4, -0.2) is 18.1 Å². The molecule has 3 aromatic carbocycles. The van der Waals surface area contributed by atoms with Gasteiger partial charge in [0, 0.05) is 10.9 Å². The number of fused-ring (bicyclic) bond motifs is 1. The van der Waals surface area contributed by atoms with Crippen molar-refractivity contribution in [1.82, 2.24) is 4.98 Å². The Morgan fingerprint density at radius 2 is 1.50 bits per heavy atom. The zero-order chi connectivity index (χ0) is 23.0. The molecule has 4 nitrogen and oxygen atoms in total. The molecule has 0 unspecified atom stereocenters. The predicted molar refractivity (Wildman–Crippen MR) is 129 cm³/mol. The van der Waals surface area contributed by atoms with Crippen LogP contribution in [0.4, 0.5) is 0 Å². The van der Waals surface area contributed by atoms with Gasteiger partial charge in [-0.05, 0) is 87.2 Å². The third-order valence-corrected chi connectivity index (χ3v) is 5.84. The Hall–Kier alpha value is -3.66. The van der Waals surface area contributed by atoms with E-state index in [1.807, 2.05) is 83.1 Å². The normalized spacial score (nSPS) is 10.9. The van der Waals surface area contributed by atoms with E-state index in [1.165, 1.54) is 0 Å². The number of hydrogen-bond acceptors (Lipinski definition) is 4. The maximum absolute atomic E-state index is 13.6. The fourth-order valence-electron chi connectivity index (χ4n) is 4.21. The molecule has 0 aliphatic heterocycles. The minimum atomic E-state index is -0.368. The molecule has 4 rings (SSSR count). The second-order valence-corrected chi connectivity index (χ2v) is 8.28. The molecule has 4 heteroatoms. The standard InChI is InChI=1S/C28H27NO3/c1-16-14-19(4)25-23(15-16)24(28(30)32-27-17(2)8-7-9-18(27)3)20(5)26(29-25)21-10-12-22(31-6)13-11-21/h7-15H,1-6H3. The van der Waals surface area contributed by atoms with E-state index in [1.54, 1.807) is 7.11 Å². The lowest BCUT2D eigenvalue weighted by molar-refractivity contribution is 0.0733. The third kappa shape index (κ3) is 3.84. The Kier molecular flexibility index (Phi) is 5.70. The zero-order valence-corrected chi connectivity index (χ0v) is 19.4. The molecule has 0 amide bonds. The maximum atomic E-state index is 13.6. The van der Waals surface area contributed by atoms with Crippen molar-refractivity contribution in [3.05, 3.63) is 88.0 Å². The first-order valence-electron chi connectivity index (χ1n) is 10.6. The van der Waals surface area contributed by atoms with Crippen LogP contribution < -0.4 is 9.47 Å². The van der Waals surface area contributed by atoms with Gasteiger partial charge in [-0.15, -0.1) is 0 Å². The smallest absolute Gasteiger partial charge is 0.344 e. The van der Waals surface area contributed by atoms with Crippen LogP contribution in [-0.2, 0) is 0 Å². The molecule has 0 fully saturated rings. The van der Waals surface area contributed by atoms with Crippen LogP contribution in [0.5, 0.6) is 11.5 Å². The third-order valence-electron chi connectivity index (χ3n) is 5.84. The highest BCUT2D eigenvalue weighted by Gasteiger charge is 2.23. The molecule has 1 heterocycles. The number of ether oxygens (including phenoxy) is 2. The number of esters is 1. The van der Waals surface area contributed by atoms with Crippen molar-refractivity contribution in [2.45, 2.75) is 34.6 Å². The molecule has 4 aromatic rings. The number of carbonyl (C=O) groups is 1. The molecule has 1 aromatic heterocycles. The number of pyridine rings is 1. The summed E-state index contributed by atoms with van der Waals surface area (Å²) in [5, 5.41) is 0.813. The molecule has 162 valence electrons. The number of aromatic nitrogens is 1. The molecule has 32 heavy (non-hydrogen) atoms. The summed E-state index contributed by atoms with van der Waals surface area (Å²) in [6, 6.07) is 17.7. The highest BCUT2D eigenvalue weighted by molar-refractivity contribution is 6.08. The predicted octanol–water partition coefficient (Wildman–Crippen LogP) is 6.67. The van der Waals surface area contributed by atoms with Crippen LogP contribution in [0.3, 0.4) is 0 Å². The number of nitrogens with zero attached hydrogens (tertiary/aromatic N) is 1. The highest BCUT2D eigenvalue weighted by atomic mass is 16.5. The van der Waals surface area contributed by atoms with E-state index >= 15 is 0 Å². The van der Waals surface area contributed by atoms with Gasteiger partial charge in [0.1, 0.15) is 11.5 Å². The van der Waals surface area contributed by atoms with Crippen molar-refractivity contribution in [3.8, 4) is 22.8 Å². The first-order chi connectivity index (χ1) is 15.3. The minimum Gasteiger partial charge on any atom is -0.497 e. The second-order valence-electron chi connectivity index (χ2n) is 8.28. The van der Waals surface area contributed by atoms with Gasteiger partial charge in [0.15, 0.2) is 0 Å². The van der Waals surface area contributed by atoms with Gasteiger partial charge >= 0.3 is 5.97 Å². The van der Waals surface area contributed by atoms with Gasteiger partial charge in [-0.3, -0.25) is 0 Å². The Morgan fingerprint density at radius 3 is 2.12 bits per heavy atom. The summed E-state index contributed by atoms with van der Waals surface area (Å²) in [7, 11) is 1.64. The number of benzene rings is 3. The number of para-hydroxylation sites is 1. The number of carbonyl (C=O) groups excluding carboxylic acids is 1. The van der Waals surface area contributed by atoms with E-state index in [-0.39, 0.29) is 5.97 Å². The number of rotatable bonds is 4. The fourth-order valence-corrected chi connectivity index (χ4v) is 4.21. The molecule has 0 bridgehead atoms. The van der Waals surface area contributed by atoms with E-state index < -0.39 is 0 Å². The minimum absolute atomic E-state index is 0.368. The monoisotopic (exact) mass is 425 g/mol. The molecule has 0 atom stereocenters. The summed E-state index contributed by atoms with van der Waals surface area (Å²) in [6.45, 7) is 9.88. The summed E-state index contributed by atoms with van der Waals surface area (Å²) in [4.78, 5) is 18.6. The fraction of sp³-hybridized carbons (Fsp3) is 0.214. The van der Waals surface area contributed by atoms with Crippen LogP contribution in [0.1, 0.15) is 38.2 Å². The van der Waals surface area contributed by atoms with Crippen molar-refractivity contribution in [2.75, 3.05) is 7.11 Å². The SMILES string of the molecule is COc1ccc(-c2nc3c(C)cc(C)cc3c(C(=O)Oc3c(C)cccc3C)c2C)cc1. The van der Waals surface area contributed by atoms with Gasteiger partial charge in [-0.25, -0.2) is 9.78 Å². The quantitative estimate of drug-likeness (QED) is 0.271. The Morgan fingerprint density at radius 1 is 0.844 bits per heavy atom. The summed E-state index contributed by atoms with van der Waals surface area (Å²) in [5.74, 6) is 1.01. The van der Waals surface area contributed by atoms with Crippen molar-refractivity contribution < 1.29 is 14.3 Å². The summed E-state index contributed by atoms with van der Waals surface area (Å²) >= 11 is 0. The van der Waals surface area contributed by atoms with E-state index in [0.717, 1.165) is 55.7 Å². The van der Waals surface area contributed by atoms with Gasteiger partial charge in [0.2, 0.25) is 0 Å². The number of aryl methyl sites for hydroxylation is 4. The topological polar surface area (TPSA) is 48.4 Å². The largest absolute Gasteiger partial charge is 0.497 e. The Balaban J connectivity index is 1.95. The van der Waals surface area contributed by atoms with E-state index in [4.69, 9.17) is 14.5 Å². The summed E-state index contributed by atoms with van der Waals surface area (Å²) in [6.07, 6.45) is 0. The van der Waals surface area contributed by atoms with Crippen molar-refractivity contribution in [3.63, 3.8) is 0 Å². The molecule has 0 saturated heterocycles. The van der Waals surface area contributed by atoms with Crippen LogP contribution in [0.15, 0.2) is 54.6 Å². The molecule has 0 aliphatic carbocycles. The van der Waals surface area contributed by atoms with Crippen LogP contribution in [0.2, 0.25) is 0 Å². The molecule has 0 aliphatic rings. The van der Waals surface area contributed by atoms with E-state index in [0.29, 0.717) is 11.3 Å². The lowest BCUT2D eigenvalue weighted by Gasteiger charge is -2.17. The number of hydrogen-bond donors (Lipinski definition) is 0. The van der Waals surface area contributed by atoms with Gasteiger partial charge in [0.05, 0.1) is 23.9 Å². The Bertz CT molecular complexity index is 1320. The van der Waals surface area contributed by atoms with Crippen LogP contribution in [0.25, 0.3) is 22.2 Å². The molecule has 0 N–H and O–H groups in total.